The van der Waals surface area contributed by atoms with Gasteiger partial charge in [-0.2, -0.15) is 0 Å². The van der Waals surface area contributed by atoms with Crippen LogP contribution in [0.15, 0.2) is 6.07 Å². The van der Waals surface area contributed by atoms with Crippen LogP contribution < -0.4 is 0 Å². The van der Waals surface area contributed by atoms with Crippen LogP contribution in [0.5, 0.6) is 0 Å². The number of carboxylic acids is 1. The van der Waals surface area contributed by atoms with Crippen LogP contribution in [0.4, 0.5) is 0 Å². The molecule has 1 amide bonds. The van der Waals surface area contributed by atoms with Crippen LogP contribution in [0, 0.1) is 0 Å². The highest BCUT2D eigenvalue weighted by Crippen LogP contribution is 2.27. The number of hydrogen-bond acceptors (Lipinski definition) is 4. The first-order valence-electron chi connectivity index (χ1n) is 9.36. The molecule has 1 aliphatic heterocycles. The number of carboxylic acid groups (broad SMARTS) is 1. The van der Waals surface area contributed by atoms with E-state index in [4.69, 9.17) is 5.11 Å². The maximum atomic E-state index is 12.8. The minimum atomic E-state index is -0.783. The average molecular weight is 367 g/mol. The van der Waals surface area contributed by atoms with Crippen LogP contribution in [0.25, 0.3) is 0 Å². The van der Waals surface area contributed by atoms with Crippen molar-refractivity contribution in [3.63, 3.8) is 0 Å². The molecule has 0 radical (unpaired) electrons. The van der Waals surface area contributed by atoms with Gasteiger partial charge in [0.1, 0.15) is 0 Å². The highest BCUT2D eigenvalue weighted by atomic mass is 32.1. The van der Waals surface area contributed by atoms with Crippen LogP contribution in [0.2, 0.25) is 0 Å². The number of rotatable bonds is 8. The van der Waals surface area contributed by atoms with E-state index in [2.05, 4.69) is 19.9 Å². The maximum absolute atomic E-state index is 12.8. The number of hydrogen-bond donors (Lipinski definition) is 1. The predicted molar refractivity (Wildman–Crippen MR) is 102 cm³/mol. The second-order valence-corrected chi connectivity index (χ2v) is 7.78. The Bertz CT molecular complexity index is 591. The zero-order valence-corrected chi connectivity index (χ0v) is 16.4. The summed E-state index contributed by atoms with van der Waals surface area (Å²) in [7, 11) is 0. The van der Waals surface area contributed by atoms with Crippen molar-refractivity contribution in [2.75, 3.05) is 26.2 Å². The lowest BCUT2D eigenvalue weighted by atomic mass is 10.0. The molecule has 2 heterocycles. The monoisotopic (exact) mass is 366 g/mol. The van der Waals surface area contributed by atoms with Gasteiger partial charge in [-0.15, -0.1) is 11.3 Å². The normalized spacial score (nSPS) is 15.8. The first-order valence-corrected chi connectivity index (χ1v) is 10.2. The van der Waals surface area contributed by atoms with Gasteiger partial charge in [-0.1, -0.05) is 27.2 Å². The molecular weight excluding hydrogens is 336 g/mol. The van der Waals surface area contributed by atoms with Gasteiger partial charge in [-0.05, 0) is 43.9 Å². The first-order chi connectivity index (χ1) is 12.0. The minimum Gasteiger partial charge on any atom is -0.480 e. The quantitative estimate of drug-likeness (QED) is 0.767. The van der Waals surface area contributed by atoms with Gasteiger partial charge in [0.25, 0.3) is 5.91 Å². The second kappa shape index (κ2) is 9.34. The van der Waals surface area contributed by atoms with Gasteiger partial charge in [0, 0.05) is 24.0 Å². The van der Waals surface area contributed by atoms with Crippen molar-refractivity contribution in [3.05, 3.63) is 21.4 Å². The SMILES string of the molecule is CCCc1sc(C(=O)N2CCC(N(CC)CC(=O)O)CC2)cc1CC. The van der Waals surface area contributed by atoms with E-state index in [1.165, 1.54) is 10.4 Å². The Morgan fingerprint density at radius 1 is 1.28 bits per heavy atom. The van der Waals surface area contributed by atoms with Gasteiger partial charge in [0.2, 0.25) is 0 Å². The number of aryl methyl sites for hydroxylation is 2. The summed E-state index contributed by atoms with van der Waals surface area (Å²) in [4.78, 5) is 30.0. The Kier molecular flexibility index (Phi) is 7.44. The summed E-state index contributed by atoms with van der Waals surface area (Å²) in [6.07, 6.45) is 4.82. The minimum absolute atomic E-state index is 0.0836. The van der Waals surface area contributed by atoms with Crippen LogP contribution >= 0.6 is 11.3 Å². The van der Waals surface area contributed by atoms with E-state index in [1.54, 1.807) is 11.3 Å². The molecule has 1 fully saturated rings. The molecule has 0 unspecified atom stereocenters. The summed E-state index contributed by atoms with van der Waals surface area (Å²) in [5, 5.41) is 9.03. The Morgan fingerprint density at radius 3 is 2.48 bits per heavy atom. The summed E-state index contributed by atoms with van der Waals surface area (Å²) in [6, 6.07) is 2.34. The molecule has 5 nitrogen and oxygen atoms in total. The van der Waals surface area contributed by atoms with E-state index in [0.717, 1.165) is 43.5 Å². The molecule has 25 heavy (non-hydrogen) atoms. The number of carbonyl (C=O) groups excluding carboxylic acids is 1. The molecule has 1 N–H and O–H groups in total. The molecule has 140 valence electrons. The standard InChI is InChI=1S/C19H30N2O3S/c1-4-7-16-14(5-2)12-17(25-16)19(24)21-10-8-15(9-11-21)20(6-3)13-18(22)23/h12,15H,4-11,13H2,1-3H3,(H,22,23). The predicted octanol–water partition coefficient (Wildman–Crippen LogP) is 3.27. The Labute approximate surface area is 154 Å². The number of likely N-dealkylation sites (tertiary alicyclic amines) is 1. The zero-order chi connectivity index (χ0) is 18.4. The lowest BCUT2D eigenvalue weighted by molar-refractivity contribution is -0.139. The first kappa shape index (κ1) is 19.9. The molecule has 1 aromatic heterocycles. The van der Waals surface area contributed by atoms with Crippen LogP contribution in [-0.4, -0.2) is 59.0 Å². The van der Waals surface area contributed by atoms with Crippen molar-refractivity contribution in [1.29, 1.82) is 0 Å². The molecule has 0 aromatic carbocycles. The van der Waals surface area contributed by atoms with Crippen LogP contribution in [0.3, 0.4) is 0 Å². The molecule has 1 saturated heterocycles. The third kappa shape index (κ3) is 5.05. The lowest BCUT2D eigenvalue weighted by Gasteiger charge is -2.37. The summed E-state index contributed by atoms with van der Waals surface area (Å²) in [6.45, 7) is 8.54. The van der Waals surface area contributed by atoms with Gasteiger partial charge in [-0.25, -0.2) is 0 Å². The Morgan fingerprint density at radius 2 is 1.96 bits per heavy atom. The third-order valence-corrected chi connectivity index (χ3v) is 6.20. The van der Waals surface area contributed by atoms with E-state index >= 15 is 0 Å². The molecule has 0 spiro atoms. The number of amides is 1. The Balaban J connectivity index is 1.98. The third-order valence-electron chi connectivity index (χ3n) is 4.98. The zero-order valence-electron chi connectivity index (χ0n) is 15.6. The average Bonchev–Trinajstić information content (AvgIpc) is 3.02. The fraction of sp³-hybridized carbons (Fsp3) is 0.684. The van der Waals surface area contributed by atoms with Crippen molar-refractivity contribution in [2.24, 2.45) is 0 Å². The molecular formula is C19H30N2O3S. The van der Waals surface area contributed by atoms with Gasteiger partial charge >= 0.3 is 5.97 Å². The summed E-state index contributed by atoms with van der Waals surface area (Å²) < 4.78 is 0. The second-order valence-electron chi connectivity index (χ2n) is 6.64. The van der Waals surface area contributed by atoms with Crippen LogP contribution in [0.1, 0.15) is 60.1 Å². The molecule has 1 aliphatic rings. The van der Waals surface area contributed by atoms with E-state index in [9.17, 15) is 9.59 Å². The highest BCUT2D eigenvalue weighted by Gasteiger charge is 2.28. The number of carbonyl (C=O) groups is 2. The summed E-state index contributed by atoms with van der Waals surface area (Å²) in [5.74, 6) is -0.642. The van der Waals surface area contributed by atoms with Crippen molar-refractivity contribution in [3.8, 4) is 0 Å². The van der Waals surface area contributed by atoms with Crippen molar-refractivity contribution < 1.29 is 14.7 Å². The van der Waals surface area contributed by atoms with E-state index in [-0.39, 0.29) is 18.5 Å². The van der Waals surface area contributed by atoms with E-state index in [0.29, 0.717) is 13.1 Å². The van der Waals surface area contributed by atoms with Crippen molar-refractivity contribution >= 4 is 23.2 Å². The highest BCUT2D eigenvalue weighted by molar-refractivity contribution is 7.14. The lowest BCUT2D eigenvalue weighted by Crippen LogP contribution is -2.48. The van der Waals surface area contributed by atoms with E-state index in [1.807, 2.05) is 16.7 Å². The van der Waals surface area contributed by atoms with Gasteiger partial charge in [-0.3, -0.25) is 14.5 Å². The van der Waals surface area contributed by atoms with Crippen molar-refractivity contribution in [1.82, 2.24) is 9.80 Å². The molecule has 0 saturated carbocycles. The smallest absolute Gasteiger partial charge is 0.317 e. The summed E-state index contributed by atoms with van der Waals surface area (Å²) >= 11 is 1.65. The summed E-state index contributed by atoms with van der Waals surface area (Å²) in [5.41, 5.74) is 1.31. The van der Waals surface area contributed by atoms with Gasteiger partial charge in [0.05, 0.1) is 11.4 Å². The molecule has 0 bridgehead atoms. The number of nitrogens with zero attached hydrogens (tertiary/aromatic N) is 2. The number of aliphatic carboxylic acids is 1. The Hall–Kier alpha value is -1.40. The number of likely N-dealkylation sites (N-methyl/N-ethyl adjacent to an activating group) is 1. The fourth-order valence-electron chi connectivity index (χ4n) is 3.57. The van der Waals surface area contributed by atoms with Crippen molar-refractivity contribution in [2.45, 2.75) is 58.9 Å². The largest absolute Gasteiger partial charge is 0.480 e. The maximum Gasteiger partial charge on any atom is 0.317 e. The number of piperidine rings is 1. The topological polar surface area (TPSA) is 60.9 Å². The van der Waals surface area contributed by atoms with Crippen LogP contribution in [-0.2, 0) is 17.6 Å². The van der Waals surface area contributed by atoms with E-state index < -0.39 is 5.97 Å². The molecule has 2 rings (SSSR count). The fourth-order valence-corrected chi connectivity index (χ4v) is 4.90. The van der Waals surface area contributed by atoms with Gasteiger partial charge < -0.3 is 10.0 Å². The number of thiophene rings is 1. The molecule has 6 heteroatoms. The molecule has 0 aliphatic carbocycles. The molecule has 0 atom stereocenters. The molecule has 1 aromatic rings. The van der Waals surface area contributed by atoms with Gasteiger partial charge in [0.15, 0.2) is 0 Å².